The van der Waals surface area contributed by atoms with E-state index in [0.717, 1.165) is 0 Å². The fraction of sp³-hybridized carbons (Fsp3) is 0.455. The van der Waals surface area contributed by atoms with E-state index in [1.807, 2.05) is 26.8 Å². The highest BCUT2D eigenvalue weighted by molar-refractivity contribution is 5.39. The summed E-state index contributed by atoms with van der Waals surface area (Å²) in [5, 5.41) is 0. The molecule has 1 radical (unpaired) electrons. The Hall–Kier alpha value is -1.12. The van der Waals surface area contributed by atoms with E-state index in [9.17, 15) is 8.78 Å². The van der Waals surface area contributed by atoms with Crippen LogP contribution in [-0.4, -0.2) is 7.11 Å². The molecular formula is C11H13F2O. The summed E-state index contributed by atoms with van der Waals surface area (Å²) in [6.45, 7) is 5.59. The fourth-order valence-corrected chi connectivity index (χ4v) is 1.26. The molecule has 0 fully saturated rings. The van der Waals surface area contributed by atoms with E-state index in [2.05, 4.69) is 0 Å². The Labute approximate surface area is 82.7 Å². The molecule has 0 saturated carbocycles. The van der Waals surface area contributed by atoms with Crippen LogP contribution in [-0.2, 0) is 5.41 Å². The van der Waals surface area contributed by atoms with Crippen molar-refractivity contribution >= 4 is 0 Å². The van der Waals surface area contributed by atoms with Crippen LogP contribution >= 0.6 is 0 Å². The van der Waals surface area contributed by atoms with Crippen LogP contribution in [0.5, 0.6) is 5.75 Å². The van der Waals surface area contributed by atoms with Crippen LogP contribution in [0.4, 0.5) is 8.78 Å². The van der Waals surface area contributed by atoms with Crippen LogP contribution in [0.15, 0.2) is 6.07 Å². The Balaban J connectivity index is 3.40. The van der Waals surface area contributed by atoms with Crippen molar-refractivity contribution in [3.8, 4) is 5.75 Å². The standard InChI is InChI=1S/C11H13F2O/c1-11(2,3)8-5-7(12)6-9(13)10(8)14-4/h5H,1-4H3. The molecule has 0 aliphatic carbocycles. The lowest BCUT2D eigenvalue weighted by Gasteiger charge is -2.22. The Morgan fingerprint density at radius 1 is 1.29 bits per heavy atom. The molecule has 0 aliphatic heterocycles. The van der Waals surface area contributed by atoms with E-state index in [-0.39, 0.29) is 11.2 Å². The van der Waals surface area contributed by atoms with E-state index >= 15 is 0 Å². The Morgan fingerprint density at radius 3 is 2.29 bits per heavy atom. The summed E-state index contributed by atoms with van der Waals surface area (Å²) in [5.74, 6) is -1.41. The molecule has 0 amide bonds. The minimum absolute atomic E-state index is 0.0684. The highest BCUT2D eigenvalue weighted by Gasteiger charge is 2.22. The van der Waals surface area contributed by atoms with Crippen molar-refractivity contribution in [3.05, 3.63) is 29.3 Å². The summed E-state index contributed by atoms with van der Waals surface area (Å²) in [6.07, 6.45) is 0. The molecule has 1 aromatic carbocycles. The molecule has 0 aliphatic rings. The van der Waals surface area contributed by atoms with Crippen LogP contribution in [0.1, 0.15) is 26.3 Å². The molecule has 0 atom stereocenters. The number of hydrogen-bond acceptors (Lipinski definition) is 1. The maximum Gasteiger partial charge on any atom is 0.176 e. The predicted octanol–water partition coefficient (Wildman–Crippen LogP) is 3.07. The quantitative estimate of drug-likeness (QED) is 0.675. The van der Waals surface area contributed by atoms with Gasteiger partial charge in [0.05, 0.1) is 13.2 Å². The largest absolute Gasteiger partial charge is 0.493 e. The highest BCUT2D eigenvalue weighted by atomic mass is 19.1. The first-order valence-electron chi connectivity index (χ1n) is 4.32. The number of ether oxygens (including phenoxy) is 1. The van der Waals surface area contributed by atoms with Crippen LogP contribution in [0.3, 0.4) is 0 Å². The third-order valence-electron chi connectivity index (χ3n) is 1.96. The first kappa shape index (κ1) is 11.0. The zero-order valence-corrected chi connectivity index (χ0v) is 8.74. The van der Waals surface area contributed by atoms with Crippen LogP contribution in [0.2, 0.25) is 0 Å². The number of rotatable bonds is 1. The van der Waals surface area contributed by atoms with Crippen molar-refractivity contribution in [2.24, 2.45) is 0 Å². The molecule has 1 rings (SSSR count). The van der Waals surface area contributed by atoms with Gasteiger partial charge in [-0.15, -0.1) is 0 Å². The lowest BCUT2D eigenvalue weighted by atomic mass is 9.86. The summed E-state index contributed by atoms with van der Waals surface area (Å²) in [4.78, 5) is 0. The van der Waals surface area contributed by atoms with Gasteiger partial charge in [-0.25, -0.2) is 8.78 Å². The molecule has 1 nitrogen and oxygen atoms in total. The molecule has 0 bridgehead atoms. The smallest absolute Gasteiger partial charge is 0.176 e. The topological polar surface area (TPSA) is 9.23 Å². The van der Waals surface area contributed by atoms with Crippen molar-refractivity contribution in [2.75, 3.05) is 7.11 Å². The van der Waals surface area contributed by atoms with Gasteiger partial charge in [0.25, 0.3) is 0 Å². The van der Waals surface area contributed by atoms with E-state index < -0.39 is 11.6 Å². The molecule has 1 aromatic rings. The van der Waals surface area contributed by atoms with Crippen molar-refractivity contribution in [2.45, 2.75) is 26.2 Å². The van der Waals surface area contributed by atoms with Crippen LogP contribution in [0.25, 0.3) is 0 Å². The average molecular weight is 199 g/mol. The Kier molecular flexibility index (Phi) is 2.79. The zero-order chi connectivity index (χ0) is 10.9. The fourth-order valence-electron chi connectivity index (χ4n) is 1.26. The molecule has 14 heavy (non-hydrogen) atoms. The molecule has 0 spiro atoms. The first-order chi connectivity index (χ1) is 6.36. The zero-order valence-electron chi connectivity index (χ0n) is 8.74. The van der Waals surface area contributed by atoms with E-state index in [4.69, 9.17) is 4.74 Å². The summed E-state index contributed by atoms with van der Waals surface area (Å²) in [7, 11) is 1.36. The molecule has 0 N–H and O–H groups in total. The minimum atomic E-state index is -0.780. The lowest BCUT2D eigenvalue weighted by Crippen LogP contribution is -2.14. The lowest BCUT2D eigenvalue weighted by molar-refractivity contribution is 0.367. The second-order valence-electron chi connectivity index (χ2n) is 4.13. The first-order valence-corrected chi connectivity index (χ1v) is 4.32. The highest BCUT2D eigenvalue weighted by Crippen LogP contribution is 2.33. The van der Waals surface area contributed by atoms with E-state index in [1.54, 1.807) is 0 Å². The summed E-state index contributed by atoms with van der Waals surface area (Å²) in [6, 6.07) is 3.20. The SMILES string of the molecule is COc1c(F)[c]c(F)cc1C(C)(C)C. The molecule has 0 aromatic heterocycles. The summed E-state index contributed by atoms with van der Waals surface area (Å²) in [5.41, 5.74) is 0.149. The maximum absolute atomic E-state index is 13.2. The predicted molar refractivity (Wildman–Crippen MR) is 50.4 cm³/mol. The van der Waals surface area contributed by atoms with Gasteiger partial charge >= 0.3 is 0 Å². The number of hydrogen-bond donors (Lipinski definition) is 0. The number of methoxy groups -OCH3 is 1. The molecule has 0 unspecified atom stereocenters. The average Bonchev–Trinajstić information content (AvgIpc) is 2.01. The van der Waals surface area contributed by atoms with Gasteiger partial charge in [-0.3, -0.25) is 0 Å². The molecule has 0 saturated heterocycles. The van der Waals surface area contributed by atoms with Crippen molar-refractivity contribution < 1.29 is 13.5 Å². The molecular weight excluding hydrogens is 186 g/mol. The molecule has 77 valence electrons. The van der Waals surface area contributed by atoms with Crippen LogP contribution < -0.4 is 4.74 Å². The van der Waals surface area contributed by atoms with E-state index in [1.165, 1.54) is 13.2 Å². The third-order valence-corrected chi connectivity index (χ3v) is 1.96. The van der Waals surface area contributed by atoms with Crippen molar-refractivity contribution in [1.82, 2.24) is 0 Å². The van der Waals surface area contributed by atoms with Crippen LogP contribution in [0, 0.1) is 17.7 Å². The van der Waals surface area contributed by atoms with Gasteiger partial charge in [-0.1, -0.05) is 20.8 Å². The summed E-state index contributed by atoms with van der Waals surface area (Å²) < 4.78 is 31.0. The van der Waals surface area contributed by atoms with Gasteiger partial charge in [-0.05, 0) is 11.5 Å². The maximum atomic E-state index is 13.2. The van der Waals surface area contributed by atoms with E-state index in [0.29, 0.717) is 5.56 Å². The Morgan fingerprint density at radius 2 is 1.86 bits per heavy atom. The van der Waals surface area contributed by atoms with Gasteiger partial charge in [0, 0.05) is 5.56 Å². The summed E-state index contributed by atoms with van der Waals surface area (Å²) >= 11 is 0. The van der Waals surface area contributed by atoms with Gasteiger partial charge in [0.15, 0.2) is 11.6 Å². The molecule has 0 heterocycles. The number of benzene rings is 1. The van der Waals surface area contributed by atoms with Gasteiger partial charge in [-0.2, -0.15) is 0 Å². The second-order valence-corrected chi connectivity index (χ2v) is 4.13. The minimum Gasteiger partial charge on any atom is -0.493 e. The second kappa shape index (κ2) is 3.56. The van der Waals surface area contributed by atoms with Crippen molar-refractivity contribution in [3.63, 3.8) is 0 Å². The molecule has 3 heteroatoms. The normalized spacial score (nSPS) is 11.6. The van der Waals surface area contributed by atoms with Gasteiger partial charge in [0.1, 0.15) is 5.82 Å². The van der Waals surface area contributed by atoms with Crippen molar-refractivity contribution in [1.29, 1.82) is 0 Å². The van der Waals surface area contributed by atoms with Gasteiger partial charge < -0.3 is 4.74 Å². The monoisotopic (exact) mass is 199 g/mol. The van der Waals surface area contributed by atoms with Gasteiger partial charge in [0.2, 0.25) is 0 Å². The number of halogens is 2. The Bertz CT molecular complexity index is 340. The third kappa shape index (κ3) is 2.03.